The molecule has 1 heterocycles. The molecule has 2 aromatic carbocycles. The van der Waals surface area contributed by atoms with Gasteiger partial charge in [-0.3, -0.25) is 9.78 Å². The first-order valence-electron chi connectivity index (χ1n) is 8.29. The van der Waals surface area contributed by atoms with Crippen LogP contribution in [0.15, 0.2) is 78.0 Å². The molecule has 0 fully saturated rings. The number of nitriles is 1. The number of nitrogens with one attached hydrogen (secondary N) is 2. The highest BCUT2D eigenvalue weighted by molar-refractivity contribution is 7.89. The smallest absolute Gasteiger partial charge is 0.255 e. The molecule has 0 spiro atoms. The van der Waals surface area contributed by atoms with Crippen LogP contribution in [-0.2, 0) is 16.6 Å². The van der Waals surface area contributed by atoms with Gasteiger partial charge in [-0.15, -0.1) is 0 Å². The van der Waals surface area contributed by atoms with Crippen molar-refractivity contribution in [2.45, 2.75) is 11.4 Å². The van der Waals surface area contributed by atoms with Gasteiger partial charge in [-0.25, -0.2) is 13.1 Å². The molecule has 0 saturated carbocycles. The number of nitrogens with zero attached hydrogens (tertiary/aromatic N) is 2. The van der Waals surface area contributed by atoms with E-state index in [-0.39, 0.29) is 17.0 Å². The molecule has 28 heavy (non-hydrogen) atoms. The van der Waals surface area contributed by atoms with Crippen molar-refractivity contribution in [2.75, 3.05) is 5.32 Å². The van der Waals surface area contributed by atoms with Crippen LogP contribution < -0.4 is 10.0 Å². The number of pyridine rings is 1. The van der Waals surface area contributed by atoms with Crippen LogP contribution in [-0.4, -0.2) is 19.3 Å². The number of aromatic nitrogens is 1. The Labute approximate surface area is 162 Å². The van der Waals surface area contributed by atoms with Crippen molar-refractivity contribution in [2.24, 2.45) is 0 Å². The Hall–Kier alpha value is -3.54. The monoisotopic (exact) mass is 392 g/mol. The lowest BCUT2D eigenvalue weighted by Gasteiger charge is -2.09. The van der Waals surface area contributed by atoms with Crippen molar-refractivity contribution in [1.29, 1.82) is 5.26 Å². The molecule has 0 aliphatic rings. The first-order chi connectivity index (χ1) is 13.5. The fourth-order valence-corrected chi connectivity index (χ4v) is 3.45. The molecule has 0 aliphatic heterocycles. The van der Waals surface area contributed by atoms with Crippen molar-refractivity contribution in [1.82, 2.24) is 9.71 Å². The van der Waals surface area contributed by atoms with Crippen LogP contribution in [0.25, 0.3) is 0 Å². The number of benzene rings is 2. The van der Waals surface area contributed by atoms with E-state index in [1.807, 2.05) is 6.07 Å². The Balaban J connectivity index is 1.70. The molecule has 140 valence electrons. The van der Waals surface area contributed by atoms with Crippen molar-refractivity contribution in [3.8, 4) is 6.07 Å². The van der Waals surface area contributed by atoms with Crippen molar-refractivity contribution < 1.29 is 13.2 Å². The van der Waals surface area contributed by atoms with Crippen LogP contribution in [0.1, 0.15) is 21.5 Å². The minimum atomic E-state index is -3.72. The Morgan fingerprint density at radius 3 is 2.46 bits per heavy atom. The van der Waals surface area contributed by atoms with Gasteiger partial charge in [-0.2, -0.15) is 5.26 Å². The number of hydrogen-bond acceptors (Lipinski definition) is 5. The summed E-state index contributed by atoms with van der Waals surface area (Å²) in [6.07, 6.45) is 3.19. The highest BCUT2D eigenvalue weighted by Gasteiger charge is 2.15. The maximum atomic E-state index is 12.4. The zero-order valence-electron chi connectivity index (χ0n) is 14.7. The Kier molecular flexibility index (Phi) is 5.79. The summed E-state index contributed by atoms with van der Waals surface area (Å²) in [4.78, 5) is 16.3. The number of anilines is 1. The molecular weight excluding hydrogens is 376 g/mol. The lowest BCUT2D eigenvalue weighted by atomic mass is 10.1. The molecule has 1 amide bonds. The minimum Gasteiger partial charge on any atom is -0.321 e. The molecule has 7 nitrogen and oxygen atoms in total. The first kappa shape index (κ1) is 19.2. The summed E-state index contributed by atoms with van der Waals surface area (Å²) in [5, 5.41) is 11.7. The van der Waals surface area contributed by atoms with Gasteiger partial charge in [0.1, 0.15) is 6.07 Å². The number of carbonyl (C=O) groups is 1. The number of para-hydroxylation sites is 1. The second-order valence-electron chi connectivity index (χ2n) is 5.82. The molecular formula is C20H16N4O3S. The first-order valence-corrected chi connectivity index (χ1v) is 9.77. The summed E-state index contributed by atoms with van der Waals surface area (Å²) >= 11 is 0. The molecule has 0 aliphatic carbocycles. The van der Waals surface area contributed by atoms with Gasteiger partial charge in [0, 0.05) is 24.5 Å². The fraction of sp³-hybridized carbons (Fsp3) is 0.0500. The average Bonchev–Trinajstić information content (AvgIpc) is 2.73. The van der Waals surface area contributed by atoms with E-state index in [0.29, 0.717) is 11.3 Å². The van der Waals surface area contributed by atoms with Gasteiger partial charge in [0.15, 0.2) is 0 Å². The third-order valence-electron chi connectivity index (χ3n) is 3.91. The van der Waals surface area contributed by atoms with Gasteiger partial charge in [0.05, 0.1) is 16.1 Å². The number of rotatable bonds is 6. The van der Waals surface area contributed by atoms with Crippen LogP contribution in [0.3, 0.4) is 0 Å². The summed E-state index contributed by atoms with van der Waals surface area (Å²) in [6.45, 7) is 0.114. The molecule has 0 bridgehead atoms. The van der Waals surface area contributed by atoms with Gasteiger partial charge in [-0.05, 0) is 48.0 Å². The van der Waals surface area contributed by atoms with Crippen LogP contribution in [0.4, 0.5) is 5.69 Å². The van der Waals surface area contributed by atoms with Gasteiger partial charge in [-0.1, -0.05) is 18.2 Å². The van der Waals surface area contributed by atoms with Gasteiger partial charge < -0.3 is 5.32 Å². The Bertz CT molecular complexity index is 1120. The van der Waals surface area contributed by atoms with Crippen LogP contribution in [0.5, 0.6) is 0 Å². The lowest BCUT2D eigenvalue weighted by molar-refractivity contribution is 0.102. The predicted octanol–water partition coefficient (Wildman–Crippen LogP) is 2.68. The summed E-state index contributed by atoms with van der Waals surface area (Å²) < 4.78 is 27.3. The molecule has 1 aromatic heterocycles. The summed E-state index contributed by atoms with van der Waals surface area (Å²) in [5.41, 5.74) is 1.75. The quantitative estimate of drug-likeness (QED) is 0.670. The molecule has 0 saturated heterocycles. The van der Waals surface area contributed by atoms with E-state index in [1.165, 1.54) is 24.3 Å². The van der Waals surface area contributed by atoms with Crippen molar-refractivity contribution >= 4 is 21.6 Å². The predicted molar refractivity (Wildman–Crippen MR) is 104 cm³/mol. The standard InChI is InChI=1S/C20H16N4O3S/c21-12-17-5-1-2-6-19(17)24-20(25)16-7-9-18(10-8-16)28(26,27)23-14-15-4-3-11-22-13-15/h1-11,13,23H,14H2,(H,24,25). The third-order valence-corrected chi connectivity index (χ3v) is 5.33. The Morgan fingerprint density at radius 1 is 1.04 bits per heavy atom. The van der Waals surface area contributed by atoms with Gasteiger partial charge in [0.2, 0.25) is 10.0 Å². The van der Waals surface area contributed by atoms with Crippen LogP contribution >= 0.6 is 0 Å². The second-order valence-corrected chi connectivity index (χ2v) is 7.59. The largest absolute Gasteiger partial charge is 0.321 e. The molecule has 0 unspecified atom stereocenters. The molecule has 3 aromatic rings. The second kappa shape index (κ2) is 8.43. The molecule has 8 heteroatoms. The fourth-order valence-electron chi connectivity index (χ4n) is 2.43. The summed E-state index contributed by atoms with van der Waals surface area (Å²) in [7, 11) is -3.72. The average molecular weight is 392 g/mol. The molecule has 3 rings (SSSR count). The topological polar surface area (TPSA) is 112 Å². The van der Waals surface area contributed by atoms with E-state index < -0.39 is 15.9 Å². The van der Waals surface area contributed by atoms with Gasteiger partial charge >= 0.3 is 0 Å². The van der Waals surface area contributed by atoms with Gasteiger partial charge in [0.25, 0.3) is 5.91 Å². The van der Waals surface area contributed by atoms with E-state index in [9.17, 15) is 13.2 Å². The van der Waals surface area contributed by atoms with Crippen LogP contribution in [0, 0.1) is 11.3 Å². The minimum absolute atomic E-state index is 0.0466. The highest BCUT2D eigenvalue weighted by Crippen LogP contribution is 2.16. The number of hydrogen-bond donors (Lipinski definition) is 2. The maximum absolute atomic E-state index is 12.4. The third kappa shape index (κ3) is 4.59. The lowest BCUT2D eigenvalue weighted by Crippen LogP contribution is -2.23. The SMILES string of the molecule is N#Cc1ccccc1NC(=O)c1ccc(S(=O)(=O)NCc2cccnc2)cc1. The molecule has 2 N–H and O–H groups in total. The van der Waals surface area contributed by atoms with E-state index in [2.05, 4.69) is 15.0 Å². The van der Waals surface area contributed by atoms with E-state index >= 15 is 0 Å². The Morgan fingerprint density at radius 2 is 1.79 bits per heavy atom. The number of amides is 1. The maximum Gasteiger partial charge on any atom is 0.255 e. The normalized spacial score (nSPS) is 10.8. The van der Waals surface area contributed by atoms with E-state index in [1.54, 1.807) is 48.8 Å². The summed E-state index contributed by atoms with van der Waals surface area (Å²) in [6, 6.07) is 17.7. The summed E-state index contributed by atoms with van der Waals surface area (Å²) in [5.74, 6) is -0.435. The zero-order chi connectivity index (χ0) is 20.0. The number of sulfonamides is 1. The highest BCUT2D eigenvalue weighted by atomic mass is 32.2. The molecule has 0 radical (unpaired) electrons. The van der Waals surface area contributed by atoms with E-state index in [0.717, 1.165) is 5.56 Å². The van der Waals surface area contributed by atoms with Crippen molar-refractivity contribution in [3.63, 3.8) is 0 Å². The van der Waals surface area contributed by atoms with E-state index in [4.69, 9.17) is 5.26 Å². The molecule has 0 atom stereocenters. The van der Waals surface area contributed by atoms with Crippen LogP contribution in [0.2, 0.25) is 0 Å². The number of carbonyl (C=O) groups excluding carboxylic acids is 1. The zero-order valence-corrected chi connectivity index (χ0v) is 15.5. The van der Waals surface area contributed by atoms with Crippen molar-refractivity contribution in [3.05, 3.63) is 89.7 Å².